The minimum absolute atomic E-state index is 0.269. The fourth-order valence-electron chi connectivity index (χ4n) is 2.99. The molecule has 1 unspecified atom stereocenters. The number of aromatic nitrogens is 3. The molecule has 4 N–H and O–H groups in total. The number of ether oxygens (including phenoxy) is 1. The Bertz CT molecular complexity index is 650. The quantitative estimate of drug-likeness (QED) is 0.640. The van der Waals surface area contributed by atoms with Crippen molar-refractivity contribution in [3.05, 3.63) is 18.1 Å². The number of aliphatic hydroxyl groups is 1. The molecular formula is C15H23N5O2S. The molecule has 1 aliphatic heterocycles. The number of anilines is 1. The first-order chi connectivity index (χ1) is 11.2. The molecule has 0 aromatic carbocycles. The summed E-state index contributed by atoms with van der Waals surface area (Å²) in [5.41, 5.74) is 8.60. The van der Waals surface area contributed by atoms with Gasteiger partial charge in [0.2, 0.25) is 0 Å². The van der Waals surface area contributed by atoms with Crippen molar-refractivity contribution in [1.29, 1.82) is 0 Å². The van der Waals surface area contributed by atoms with Gasteiger partial charge in [-0.2, -0.15) is 11.8 Å². The molecule has 3 rings (SSSR count). The molecule has 1 saturated heterocycles. The molecule has 1 aliphatic rings. The Kier molecular flexibility index (Phi) is 5.37. The number of nitrogens with zero attached hydrogens (tertiary/aromatic N) is 3. The number of thioether (sulfide) groups is 1. The minimum atomic E-state index is -0.269. The van der Waals surface area contributed by atoms with Crippen molar-refractivity contribution in [2.24, 2.45) is 5.92 Å². The average Bonchev–Trinajstić information content (AvgIpc) is 3.09. The summed E-state index contributed by atoms with van der Waals surface area (Å²) in [6, 6.07) is 0. The Morgan fingerprint density at radius 1 is 1.48 bits per heavy atom. The molecule has 0 saturated carbocycles. The van der Waals surface area contributed by atoms with E-state index >= 15 is 0 Å². The van der Waals surface area contributed by atoms with Gasteiger partial charge in [-0.15, -0.1) is 0 Å². The summed E-state index contributed by atoms with van der Waals surface area (Å²) in [7, 11) is 1.71. The van der Waals surface area contributed by atoms with Gasteiger partial charge in [-0.25, -0.2) is 9.97 Å². The third-order valence-corrected chi connectivity index (χ3v) is 5.33. The maximum absolute atomic E-state index is 10.3. The number of β-amino-alcohol motifs (C(OH)–C–C–N with tert-alkyl or cyclic N) is 1. The SMILES string of the molecule is COCCSC[C@H]1CN(Cc2c[nH]c3c(N)ncnc23)CC1O. The molecule has 0 radical (unpaired) electrons. The van der Waals surface area contributed by atoms with Crippen LogP contribution in [-0.2, 0) is 11.3 Å². The number of fused-ring (bicyclic) bond motifs is 1. The molecule has 8 heteroatoms. The van der Waals surface area contributed by atoms with Gasteiger partial charge in [-0.05, 0) is 5.75 Å². The van der Waals surface area contributed by atoms with Gasteiger partial charge < -0.3 is 20.6 Å². The lowest BCUT2D eigenvalue weighted by atomic mass is 10.1. The first-order valence-electron chi connectivity index (χ1n) is 7.72. The number of likely N-dealkylation sites (tertiary alicyclic amines) is 1. The number of methoxy groups -OCH3 is 1. The van der Waals surface area contributed by atoms with Crippen molar-refractivity contribution < 1.29 is 9.84 Å². The lowest BCUT2D eigenvalue weighted by molar-refractivity contribution is 0.149. The predicted molar refractivity (Wildman–Crippen MR) is 92.3 cm³/mol. The number of aliphatic hydroxyl groups excluding tert-OH is 1. The first-order valence-corrected chi connectivity index (χ1v) is 8.88. The number of nitrogens with two attached hydrogens (primary N) is 1. The highest BCUT2D eigenvalue weighted by molar-refractivity contribution is 7.99. The molecule has 23 heavy (non-hydrogen) atoms. The van der Waals surface area contributed by atoms with Gasteiger partial charge in [0.05, 0.1) is 18.2 Å². The Hall–Kier alpha value is -1.35. The maximum Gasteiger partial charge on any atom is 0.151 e. The molecule has 0 bridgehead atoms. The van der Waals surface area contributed by atoms with E-state index in [1.54, 1.807) is 7.11 Å². The molecule has 0 aliphatic carbocycles. The van der Waals surface area contributed by atoms with Gasteiger partial charge in [0.15, 0.2) is 5.82 Å². The molecule has 0 spiro atoms. The van der Waals surface area contributed by atoms with E-state index in [0.717, 1.165) is 47.8 Å². The summed E-state index contributed by atoms with van der Waals surface area (Å²) in [5, 5.41) is 10.3. The normalized spacial score (nSPS) is 22.2. The lowest BCUT2D eigenvalue weighted by Gasteiger charge is -2.14. The Labute approximate surface area is 139 Å². The Balaban J connectivity index is 1.59. The van der Waals surface area contributed by atoms with Crippen molar-refractivity contribution in [3.8, 4) is 0 Å². The summed E-state index contributed by atoms with van der Waals surface area (Å²) < 4.78 is 5.06. The second kappa shape index (κ2) is 7.48. The highest BCUT2D eigenvalue weighted by Gasteiger charge is 2.31. The van der Waals surface area contributed by atoms with E-state index in [2.05, 4.69) is 19.9 Å². The lowest BCUT2D eigenvalue weighted by Crippen LogP contribution is -2.21. The van der Waals surface area contributed by atoms with Crippen LogP contribution >= 0.6 is 11.8 Å². The van der Waals surface area contributed by atoms with Crippen LogP contribution in [-0.4, -0.2) is 69.4 Å². The van der Waals surface area contributed by atoms with Crippen molar-refractivity contribution in [3.63, 3.8) is 0 Å². The smallest absolute Gasteiger partial charge is 0.151 e. The van der Waals surface area contributed by atoms with Crippen molar-refractivity contribution >= 4 is 28.6 Å². The molecule has 2 aromatic rings. The summed E-state index contributed by atoms with van der Waals surface area (Å²) in [6.07, 6.45) is 3.15. The maximum atomic E-state index is 10.3. The number of aromatic amines is 1. The van der Waals surface area contributed by atoms with Crippen LogP contribution < -0.4 is 5.73 Å². The van der Waals surface area contributed by atoms with Crippen LogP contribution in [0.4, 0.5) is 5.82 Å². The number of rotatable bonds is 7. The molecule has 126 valence electrons. The third kappa shape index (κ3) is 3.77. The topological polar surface area (TPSA) is 100 Å². The fraction of sp³-hybridized carbons (Fsp3) is 0.600. The third-order valence-electron chi connectivity index (χ3n) is 4.21. The molecular weight excluding hydrogens is 314 g/mol. The van der Waals surface area contributed by atoms with Crippen LogP contribution in [0.3, 0.4) is 0 Å². The largest absolute Gasteiger partial charge is 0.391 e. The van der Waals surface area contributed by atoms with Crippen LogP contribution in [0.1, 0.15) is 5.56 Å². The van der Waals surface area contributed by atoms with E-state index in [9.17, 15) is 5.11 Å². The predicted octanol–water partition coefficient (Wildman–Crippen LogP) is 0.712. The van der Waals surface area contributed by atoms with Crippen molar-refractivity contribution in [2.75, 3.05) is 44.0 Å². The number of H-pyrrole nitrogens is 1. The first kappa shape index (κ1) is 16.5. The van der Waals surface area contributed by atoms with E-state index in [1.165, 1.54) is 6.33 Å². The Morgan fingerprint density at radius 3 is 3.17 bits per heavy atom. The fourth-order valence-corrected chi connectivity index (χ4v) is 4.07. The van der Waals surface area contributed by atoms with E-state index in [0.29, 0.717) is 18.3 Å². The second-order valence-corrected chi connectivity index (χ2v) is 7.04. The highest BCUT2D eigenvalue weighted by atomic mass is 32.2. The monoisotopic (exact) mass is 337 g/mol. The standard InChI is InChI=1S/C15H23N5O2S/c1-22-2-3-23-8-11-6-20(7-12(11)21)5-10-4-17-14-13(10)18-9-19-15(14)16/h4,9,11-12,17,21H,2-3,5-8H2,1H3,(H2,16,18,19)/t11-,12?/m1/s1. The molecule has 0 amide bonds. The summed E-state index contributed by atoms with van der Waals surface area (Å²) >= 11 is 1.84. The summed E-state index contributed by atoms with van der Waals surface area (Å²) in [4.78, 5) is 13.7. The minimum Gasteiger partial charge on any atom is -0.391 e. The van der Waals surface area contributed by atoms with Gasteiger partial charge in [0.25, 0.3) is 0 Å². The molecule has 3 heterocycles. The van der Waals surface area contributed by atoms with Crippen molar-refractivity contribution in [2.45, 2.75) is 12.6 Å². The van der Waals surface area contributed by atoms with Gasteiger partial charge in [-0.3, -0.25) is 4.90 Å². The molecule has 1 fully saturated rings. The van der Waals surface area contributed by atoms with Gasteiger partial charge in [-0.1, -0.05) is 0 Å². The van der Waals surface area contributed by atoms with Crippen LogP contribution in [0.5, 0.6) is 0 Å². The summed E-state index contributed by atoms with van der Waals surface area (Å²) in [5.74, 6) is 2.71. The zero-order valence-electron chi connectivity index (χ0n) is 13.2. The number of hydrogen-bond acceptors (Lipinski definition) is 7. The molecule has 7 nitrogen and oxygen atoms in total. The van der Waals surface area contributed by atoms with Crippen LogP contribution in [0.25, 0.3) is 11.0 Å². The second-order valence-electron chi connectivity index (χ2n) is 5.89. The van der Waals surface area contributed by atoms with Gasteiger partial charge >= 0.3 is 0 Å². The van der Waals surface area contributed by atoms with E-state index in [4.69, 9.17) is 10.5 Å². The van der Waals surface area contributed by atoms with Crippen LogP contribution in [0.2, 0.25) is 0 Å². The van der Waals surface area contributed by atoms with Gasteiger partial charge in [0.1, 0.15) is 11.8 Å². The number of nitrogen functional groups attached to an aromatic ring is 1. The number of hydrogen-bond donors (Lipinski definition) is 3. The van der Waals surface area contributed by atoms with E-state index in [-0.39, 0.29) is 6.10 Å². The molecule has 2 atom stereocenters. The zero-order chi connectivity index (χ0) is 16.2. The van der Waals surface area contributed by atoms with Crippen LogP contribution in [0.15, 0.2) is 12.5 Å². The Morgan fingerprint density at radius 2 is 2.35 bits per heavy atom. The average molecular weight is 337 g/mol. The van der Waals surface area contributed by atoms with Gasteiger partial charge in [0, 0.05) is 50.2 Å². The molecule has 2 aromatic heterocycles. The number of nitrogens with one attached hydrogen (secondary N) is 1. The highest BCUT2D eigenvalue weighted by Crippen LogP contribution is 2.25. The van der Waals surface area contributed by atoms with E-state index < -0.39 is 0 Å². The van der Waals surface area contributed by atoms with Crippen molar-refractivity contribution in [1.82, 2.24) is 19.9 Å². The van der Waals surface area contributed by atoms with E-state index in [1.807, 2.05) is 18.0 Å². The zero-order valence-corrected chi connectivity index (χ0v) is 14.1. The van der Waals surface area contributed by atoms with Crippen LogP contribution in [0, 0.1) is 5.92 Å². The summed E-state index contributed by atoms with van der Waals surface area (Å²) in [6.45, 7) is 3.11.